The summed E-state index contributed by atoms with van der Waals surface area (Å²) in [5.41, 5.74) is -4.45. The predicted molar refractivity (Wildman–Crippen MR) is 66.1 cm³/mol. The van der Waals surface area contributed by atoms with Crippen LogP contribution in [0.2, 0.25) is 0 Å². The molecule has 4 aliphatic rings. The van der Waals surface area contributed by atoms with Crippen LogP contribution >= 0.6 is 0 Å². The normalized spacial score (nSPS) is 51.1. The minimum absolute atomic E-state index is 0.107. The van der Waals surface area contributed by atoms with E-state index in [1.54, 1.807) is 0 Å². The molecule has 0 aromatic heterocycles. The maximum absolute atomic E-state index is 12.3. The number of hydrogen-bond acceptors (Lipinski definition) is 5. The topological polar surface area (TPSA) is 87.0 Å². The highest BCUT2D eigenvalue weighted by molar-refractivity contribution is 5.78. The van der Waals surface area contributed by atoms with Crippen LogP contribution in [0.5, 0.6) is 0 Å². The number of esters is 1. The smallest absolute Gasteiger partial charge is 0.312 e. The van der Waals surface area contributed by atoms with Crippen molar-refractivity contribution < 1.29 is 24.9 Å². The van der Waals surface area contributed by atoms with Crippen LogP contribution in [0.15, 0.2) is 12.7 Å². The van der Waals surface area contributed by atoms with E-state index in [9.17, 15) is 20.1 Å². The SMILES string of the molecule is C=CCOC(=O)C12CC3(O)CC(O)(CC(O)(C3)C1)C2. The largest absolute Gasteiger partial charge is 0.461 e. The highest BCUT2D eigenvalue weighted by Crippen LogP contribution is 2.64. The maximum Gasteiger partial charge on any atom is 0.312 e. The Morgan fingerprint density at radius 2 is 1.42 bits per heavy atom. The van der Waals surface area contributed by atoms with Crippen molar-refractivity contribution in [3.8, 4) is 0 Å². The summed E-state index contributed by atoms with van der Waals surface area (Å²) in [6, 6.07) is 0. The van der Waals surface area contributed by atoms with Crippen molar-refractivity contribution in [3.63, 3.8) is 0 Å². The van der Waals surface area contributed by atoms with E-state index >= 15 is 0 Å². The van der Waals surface area contributed by atoms with Crippen LogP contribution in [0.3, 0.4) is 0 Å². The third kappa shape index (κ3) is 1.91. The number of aliphatic hydroxyl groups is 3. The molecule has 0 spiro atoms. The van der Waals surface area contributed by atoms with Gasteiger partial charge in [0.05, 0.1) is 22.2 Å². The second-order valence-electron chi connectivity index (χ2n) is 6.90. The first-order valence-electron chi connectivity index (χ1n) is 6.68. The van der Waals surface area contributed by atoms with Crippen LogP contribution in [0.4, 0.5) is 0 Å². The van der Waals surface area contributed by atoms with Gasteiger partial charge >= 0.3 is 5.97 Å². The van der Waals surface area contributed by atoms with Crippen molar-refractivity contribution in [3.05, 3.63) is 12.7 Å². The van der Waals surface area contributed by atoms with Crippen LogP contribution in [0.1, 0.15) is 38.5 Å². The monoisotopic (exact) mass is 268 g/mol. The third-order valence-corrected chi connectivity index (χ3v) is 4.74. The minimum atomic E-state index is -1.16. The summed E-state index contributed by atoms with van der Waals surface area (Å²) in [4.78, 5) is 12.3. The quantitative estimate of drug-likeness (QED) is 0.505. The molecule has 0 radical (unpaired) electrons. The molecule has 0 amide bonds. The molecule has 5 heteroatoms. The van der Waals surface area contributed by atoms with E-state index in [-0.39, 0.29) is 45.1 Å². The Bertz CT molecular complexity index is 390. The van der Waals surface area contributed by atoms with Gasteiger partial charge in [0, 0.05) is 19.3 Å². The van der Waals surface area contributed by atoms with E-state index in [1.807, 2.05) is 0 Å². The summed E-state index contributed by atoms with van der Waals surface area (Å²) in [6.07, 6.45) is 2.98. The number of carbonyl (C=O) groups is 1. The van der Waals surface area contributed by atoms with Crippen LogP contribution in [-0.2, 0) is 9.53 Å². The summed E-state index contributed by atoms with van der Waals surface area (Å²) in [5.74, 6) is -0.443. The van der Waals surface area contributed by atoms with E-state index in [4.69, 9.17) is 4.74 Å². The van der Waals surface area contributed by atoms with Crippen molar-refractivity contribution in [2.75, 3.05) is 6.61 Å². The van der Waals surface area contributed by atoms with Gasteiger partial charge in [-0.05, 0) is 19.3 Å². The van der Waals surface area contributed by atoms with E-state index in [0.29, 0.717) is 0 Å². The Labute approximate surface area is 111 Å². The van der Waals surface area contributed by atoms with Gasteiger partial charge < -0.3 is 20.1 Å². The molecule has 0 aliphatic heterocycles. The Morgan fingerprint density at radius 1 is 1.00 bits per heavy atom. The van der Waals surface area contributed by atoms with Gasteiger partial charge in [-0.25, -0.2) is 0 Å². The van der Waals surface area contributed by atoms with Crippen molar-refractivity contribution >= 4 is 5.97 Å². The molecule has 0 aromatic rings. The Balaban J connectivity index is 1.95. The molecule has 0 unspecified atom stereocenters. The predicted octanol–water partition coefficient (Wildman–Crippen LogP) is 0.277. The molecule has 0 atom stereocenters. The molecule has 0 aromatic carbocycles. The lowest BCUT2D eigenvalue weighted by atomic mass is 9.44. The molecule has 4 saturated carbocycles. The summed E-state index contributed by atoms with van der Waals surface area (Å²) in [5, 5.41) is 31.6. The zero-order valence-electron chi connectivity index (χ0n) is 10.9. The first-order chi connectivity index (χ1) is 8.72. The standard InChI is InChI=1S/C14H20O5/c1-2-3-19-10(15)11-4-12(16)7-13(17,5-11)9-14(18,6-11)8-12/h2,16-18H,1,3-9H2. The summed E-state index contributed by atoms with van der Waals surface area (Å²) >= 11 is 0. The molecule has 4 bridgehead atoms. The van der Waals surface area contributed by atoms with E-state index in [0.717, 1.165) is 0 Å². The van der Waals surface area contributed by atoms with Crippen molar-refractivity contribution in [2.45, 2.75) is 55.3 Å². The van der Waals surface area contributed by atoms with E-state index in [1.165, 1.54) is 6.08 Å². The first-order valence-corrected chi connectivity index (χ1v) is 6.68. The lowest BCUT2D eigenvalue weighted by Gasteiger charge is -2.64. The molecule has 106 valence electrons. The van der Waals surface area contributed by atoms with Gasteiger partial charge in [-0.2, -0.15) is 0 Å². The Kier molecular flexibility index (Phi) is 2.48. The number of hydrogen-bond donors (Lipinski definition) is 3. The molecule has 19 heavy (non-hydrogen) atoms. The number of carbonyl (C=O) groups excluding carboxylic acids is 1. The van der Waals surface area contributed by atoms with Crippen LogP contribution in [0.25, 0.3) is 0 Å². The fraction of sp³-hybridized carbons (Fsp3) is 0.786. The second-order valence-corrected chi connectivity index (χ2v) is 6.90. The van der Waals surface area contributed by atoms with Gasteiger partial charge in [-0.1, -0.05) is 12.7 Å². The molecule has 4 fully saturated rings. The second kappa shape index (κ2) is 3.59. The van der Waals surface area contributed by atoms with Gasteiger partial charge in [0.15, 0.2) is 0 Å². The minimum Gasteiger partial charge on any atom is -0.461 e. The van der Waals surface area contributed by atoms with Gasteiger partial charge in [-0.15, -0.1) is 0 Å². The van der Waals surface area contributed by atoms with E-state index < -0.39 is 28.2 Å². The van der Waals surface area contributed by atoms with Crippen molar-refractivity contribution in [1.29, 1.82) is 0 Å². The highest BCUT2D eigenvalue weighted by Gasteiger charge is 2.70. The highest BCUT2D eigenvalue weighted by atomic mass is 16.5. The molecular weight excluding hydrogens is 248 g/mol. The lowest BCUT2D eigenvalue weighted by molar-refractivity contribution is -0.280. The van der Waals surface area contributed by atoms with Crippen LogP contribution in [0, 0.1) is 5.41 Å². The zero-order valence-corrected chi connectivity index (χ0v) is 10.9. The number of rotatable bonds is 3. The maximum atomic E-state index is 12.3. The average molecular weight is 268 g/mol. The van der Waals surface area contributed by atoms with E-state index in [2.05, 4.69) is 6.58 Å². The van der Waals surface area contributed by atoms with Crippen molar-refractivity contribution in [2.24, 2.45) is 5.41 Å². The fourth-order valence-corrected chi connectivity index (χ4v) is 4.98. The van der Waals surface area contributed by atoms with Gasteiger partial charge in [0.25, 0.3) is 0 Å². The fourth-order valence-electron chi connectivity index (χ4n) is 4.98. The first kappa shape index (κ1) is 13.1. The number of ether oxygens (including phenoxy) is 1. The molecule has 0 heterocycles. The third-order valence-electron chi connectivity index (χ3n) is 4.74. The zero-order chi connectivity index (χ0) is 13.9. The molecule has 4 aliphatic carbocycles. The van der Waals surface area contributed by atoms with Crippen LogP contribution in [-0.4, -0.2) is 44.7 Å². The van der Waals surface area contributed by atoms with Crippen molar-refractivity contribution in [1.82, 2.24) is 0 Å². The van der Waals surface area contributed by atoms with Gasteiger partial charge in [-0.3, -0.25) is 4.79 Å². The lowest BCUT2D eigenvalue weighted by Crippen LogP contribution is -2.71. The average Bonchev–Trinajstić information content (AvgIpc) is 2.18. The molecule has 0 saturated heterocycles. The summed E-state index contributed by atoms with van der Waals surface area (Å²) in [6.45, 7) is 3.60. The molecule has 4 rings (SSSR count). The Morgan fingerprint density at radius 3 is 1.79 bits per heavy atom. The summed E-state index contributed by atoms with van der Waals surface area (Å²) < 4.78 is 5.12. The van der Waals surface area contributed by atoms with Crippen LogP contribution < -0.4 is 0 Å². The molecule has 5 nitrogen and oxygen atoms in total. The Hall–Kier alpha value is -0.910. The van der Waals surface area contributed by atoms with Gasteiger partial charge in [0.2, 0.25) is 0 Å². The van der Waals surface area contributed by atoms with Gasteiger partial charge in [0.1, 0.15) is 6.61 Å². The molecule has 3 N–H and O–H groups in total. The molecular formula is C14H20O5. The summed E-state index contributed by atoms with van der Waals surface area (Å²) in [7, 11) is 0.